The topological polar surface area (TPSA) is 76.4 Å². The van der Waals surface area contributed by atoms with Crippen molar-refractivity contribution < 1.29 is 9.66 Å². The Morgan fingerprint density at radius 3 is 2.77 bits per heavy atom. The van der Waals surface area contributed by atoms with Crippen molar-refractivity contribution in [2.24, 2.45) is 5.92 Å². The Hall–Kier alpha value is -1.89. The lowest BCUT2D eigenvalue weighted by Crippen LogP contribution is -2.43. The number of nitrogens with one attached hydrogen (secondary N) is 2. The Kier molecular flexibility index (Phi) is 5.54. The first kappa shape index (κ1) is 16.5. The van der Waals surface area contributed by atoms with Crippen LogP contribution in [0, 0.1) is 16.0 Å². The second-order valence-electron chi connectivity index (χ2n) is 5.61. The average molecular weight is 323 g/mol. The van der Waals surface area contributed by atoms with Crippen LogP contribution in [0.1, 0.15) is 32.6 Å². The number of methoxy groups -OCH3 is 1. The summed E-state index contributed by atoms with van der Waals surface area (Å²) in [5.41, 5.74) is 0.608. The predicted octanol–water partition coefficient (Wildman–Crippen LogP) is 3.47. The van der Waals surface area contributed by atoms with Crippen molar-refractivity contribution in [1.82, 2.24) is 5.32 Å². The fourth-order valence-electron chi connectivity index (χ4n) is 2.75. The fraction of sp³-hybridized carbons (Fsp3) is 0.533. The molecule has 0 spiro atoms. The van der Waals surface area contributed by atoms with E-state index in [-0.39, 0.29) is 5.69 Å². The first-order valence-electron chi connectivity index (χ1n) is 7.41. The molecule has 1 aromatic rings. The van der Waals surface area contributed by atoms with Crippen LogP contribution < -0.4 is 15.4 Å². The number of hydrogen-bond donors (Lipinski definition) is 2. The van der Waals surface area contributed by atoms with Crippen LogP contribution in [-0.4, -0.2) is 23.2 Å². The molecule has 7 heteroatoms. The Labute approximate surface area is 135 Å². The summed E-state index contributed by atoms with van der Waals surface area (Å²) in [5, 5.41) is 17.7. The number of ether oxygens (including phenoxy) is 1. The van der Waals surface area contributed by atoms with E-state index < -0.39 is 4.92 Å². The summed E-state index contributed by atoms with van der Waals surface area (Å²) in [6, 6.07) is 4.79. The number of thiocarbonyl (C=S) groups is 1. The maximum Gasteiger partial charge on any atom is 0.273 e. The maximum atomic E-state index is 10.8. The van der Waals surface area contributed by atoms with Gasteiger partial charge in [-0.1, -0.05) is 19.8 Å². The smallest absolute Gasteiger partial charge is 0.273 e. The molecule has 6 nitrogen and oxygen atoms in total. The highest BCUT2D eigenvalue weighted by Crippen LogP contribution is 2.29. The molecule has 0 heterocycles. The van der Waals surface area contributed by atoms with E-state index in [4.69, 9.17) is 17.0 Å². The molecule has 1 fully saturated rings. The van der Waals surface area contributed by atoms with Crippen molar-refractivity contribution in [1.29, 1.82) is 0 Å². The molecule has 2 unspecified atom stereocenters. The number of benzene rings is 1. The number of nitrogens with zero attached hydrogens (tertiary/aromatic N) is 1. The summed E-state index contributed by atoms with van der Waals surface area (Å²) < 4.78 is 5.19. The van der Waals surface area contributed by atoms with Crippen molar-refractivity contribution in [2.75, 3.05) is 12.4 Å². The lowest BCUT2D eigenvalue weighted by Gasteiger charge is -2.30. The van der Waals surface area contributed by atoms with Gasteiger partial charge in [-0.3, -0.25) is 10.1 Å². The zero-order valence-electron chi connectivity index (χ0n) is 12.8. The van der Waals surface area contributed by atoms with Crippen molar-refractivity contribution in [2.45, 2.75) is 38.6 Å². The highest BCUT2D eigenvalue weighted by Gasteiger charge is 2.22. The average Bonchev–Trinajstić information content (AvgIpc) is 2.49. The number of nitro benzene ring substituents is 1. The lowest BCUT2D eigenvalue weighted by molar-refractivity contribution is -0.384. The molecule has 120 valence electrons. The second kappa shape index (κ2) is 7.40. The zero-order chi connectivity index (χ0) is 16.1. The Morgan fingerprint density at radius 2 is 2.14 bits per heavy atom. The molecule has 1 aliphatic rings. The number of non-ortho nitro benzene ring substituents is 1. The van der Waals surface area contributed by atoms with Crippen LogP contribution in [0.5, 0.6) is 5.75 Å². The highest BCUT2D eigenvalue weighted by molar-refractivity contribution is 7.80. The minimum Gasteiger partial charge on any atom is -0.494 e. The van der Waals surface area contributed by atoms with Crippen LogP contribution in [0.3, 0.4) is 0 Å². The van der Waals surface area contributed by atoms with Gasteiger partial charge in [0.25, 0.3) is 5.69 Å². The first-order valence-corrected chi connectivity index (χ1v) is 7.82. The van der Waals surface area contributed by atoms with E-state index in [1.54, 1.807) is 6.07 Å². The van der Waals surface area contributed by atoms with Gasteiger partial charge >= 0.3 is 0 Å². The molecule has 1 saturated carbocycles. The molecule has 0 radical (unpaired) electrons. The van der Waals surface area contributed by atoms with Gasteiger partial charge in [0.15, 0.2) is 5.11 Å². The molecular formula is C15H21N3O3S. The SMILES string of the molecule is COc1cc([N+](=O)[O-])ccc1NC(=S)NC1CCCCC1C. The molecule has 2 atom stereocenters. The summed E-state index contributed by atoms with van der Waals surface area (Å²) in [6.07, 6.45) is 4.81. The van der Waals surface area contributed by atoms with Crippen LogP contribution in [0.2, 0.25) is 0 Å². The van der Waals surface area contributed by atoms with E-state index in [0.717, 1.165) is 6.42 Å². The van der Waals surface area contributed by atoms with Crippen molar-refractivity contribution in [3.05, 3.63) is 28.3 Å². The van der Waals surface area contributed by atoms with E-state index >= 15 is 0 Å². The van der Waals surface area contributed by atoms with Gasteiger partial charge in [0.05, 0.1) is 23.8 Å². The van der Waals surface area contributed by atoms with Crippen LogP contribution in [-0.2, 0) is 0 Å². The normalized spacial score (nSPS) is 21.0. The van der Waals surface area contributed by atoms with Crippen LogP contribution in [0.4, 0.5) is 11.4 Å². The number of rotatable bonds is 4. The number of anilines is 1. The summed E-state index contributed by atoms with van der Waals surface area (Å²) in [6.45, 7) is 2.23. The van der Waals surface area contributed by atoms with E-state index in [1.165, 1.54) is 38.5 Å². The molecular weight excluding hydrogens is 302 g/mol. The van der Waals surface area contributed by atoms with Gasteiger partial charge in [-0.15, -0.1) is 0 Å². The van der Waals surface area contributed by atoms with Gasteiger partial charge in [0.2, 0.25) is 0 Å². The first-order chi connectivity index (χ1) is 10.5. The van der Waals surface area contributed by atoms with Crippen LogP contribution >= 0.6 is 12.2 Å². The summed E-state index contributed by atoms with van der Waals surface area (Å²) in [5.74, 6) is 0.988. The predicted molar refractivity (Wildman–Crippen MR) is 90.4 cm³/mol. The molecule has 0 saturated heterocycles. The number of hydrogen-bond acceptors (Lipinski definition) is 4. The largest absolute Gasteiger partial charge is 0.494 e. The fourth-order valence-corrected chi connectivity index (χ4v) is 3.02. The summed E-state index contributed by atoms with van der Waals surface area (Å²) >= 11 is 5.35. The summed E-state index contributed by atoms with van der Waals surface area (Å²) in [4.78, 5) is 10.3. The van der Waals surface area contributed by atoms with Crippen LogP contribution in [0.15, 0.2) is 18.2 Å². The zero-order valence-corrected chi connectivity index (χ0v) is 13.6. The molecule has 1 aromatic carbocycles. The third kappa shape index (κ3) is 4.07. The van der Waals surface area contributed by atoms with Gasteiger partial charge in [-0.25, -0.2) is 0 Å². The van der Waals surface area contributed by atoms with E-state index in [1.807, 2.05) is 0 Å². The van der Waals surface area contributed by atoms with Gasteiger partial charge in [0, 0.05) is 12.1 Å². The van der Waals surface area contributed by atoms with Crippen molar-refractivity contribution in [3.8, 4) is 5.75 Å². The van der Waals surface area contributed by atoms with Gasteiger partial charge in [0.1, 0.15) is 5.75 Å². The maximum absolute atomic E-state index is 10.8. The molecule has 0 aliphatic heterocycles. The molecule has 0 amide bonds. The Balaban J connectivity index is 2.03. The molecule has 2 rings (SSSR count). The van der Waals surface area contributed by atoms with Gasteiger partial charge in [-0.2, -0.15) is 0 Å². The Morgan fingerprint density at radius 1 is 1.41 bits per heavy atom. The van der Waals surface area contributed by atoms with E-state index in [2.05, 4.69) is 17.6 Å². The summed E-state index contributed by atoms with van der Waals surface area (Å²) in [7, 11) is 1.48. The second-order valence-corrected chi connectivity index (χ2v) is 6.02. The van der Waals surface area contributed by atoms with Crippen molar-refractivity contribution in [3.63, 3.8) is 0 Å². The molecule has 0 bridgehead atoms. The third-order valence-electron chi connectivity index (χ3n) is 4.07. The van der Waals surface area contributed by atoms with Gasteiger partial charge in [-0.05, 0) is 37.0 Å². The van der Waals surface area contributed by atoms with Gasteiger partial charge < -0.3 is 15.4 Å². The van der Waals surface area contributed by atoms with E-state index in [9.17, 15) is 10.1 Å². The monoisotopic (exact) mass is 323 g/mol. The van der Waals surface area contributed by atoms with Crippen molar-refractivity contribution >= 4 is 28.7 Å². The standard InChI is InChI=1S/C15H21N3O3S/c1-10-5-3-4-6-12(10)16-15(22)17-13-8-7-11(18(19)20)9-14(13)21-2/h7-10,12H,3-6H2,1-2H3,(H2,16,17,22). The van der Waals surface area contributed by atoms with E-state index in [0.29, 0.717) is 28.5 Å². The molecule has 2 N–H and O–H groups in total. The molecule has 0 aromatic heterocycles. The molecule has 1 aliphatic carbocycles. The van der Waals surface area contributed by atoms with Crippen LogP contribution in [0.25, 0.3) is 0 Å². The Bertz CT molecular complexity index is 565. The highest BCUT2D eigenvalue weighted by atomic mass is 32.1. The molecule has 22 heavy (non-hydrogen) atoms. The lowest BCUT2D eigenvalue weighted by atomic mass is 9.86. The minimum absolute atomic E-state index is 0.0119. The third-order valence-corrected chi connectivity index (χ3v) is 4.29. The minimum atomic E-state index is -0.452. The number of nitro groups is 1. The quantitative estimate of drug-likeness (QED) is 0.502.